The van der Waals surface area contributed by atoms with Crippen molar-refractivity contribution in [1.82, 2.24) is 14.4 Å². The first-order valence-corrected chi connectivity index (χ1v) is 12.8. The highest BCUT2D eigenvalue weighted by Gasteiger charge is 2.54. The number of pyridine rings is 1. The van der Waals surface area contributed by atoms with E-state index < -0.39 is 49.4 Å². The molecule has 1 saturated heterocycles. The van der Waals surface area contributed by atoms with E-state index in [-0.39, 0.29) is 16.0 Å². The molecule has 11 heteroatoms. The monoisotopic (exact) mass is 512 g/mol. The Balaban J connectivity index is 2.63. The predicted octanol–water partition coefficient (Wildman–Crippen LogP) is 4.06. The molecular formula is C18H27BrF2N4O2S2. The molecule has 1 aromatic heterocycles. The minimum atomic E-state index is -2.94. The van der Waals surface area contributed by atoms with Crippen molar-refractivity contribution in [3.63, 3.8) is 0 Å². The van der Waals surface area contributed by atoms with Crippen LogP contribution >= 0.6 is 26.4 Å². The summed E-state index contributed by atoms with van der Waals surface area (Å²) in [6.07, 6.45) is 1.09. The van der Waals surface area contributed by atoms with Crippen LogP contribution in [0, 0.1) is 17.1 Å². The van der Waals surface area contributed by atoms with Crippen LogP contribution in [0.2, 0.25) is 0 Å². The van der Waals surface area contributed by atoms with E-state index in [1.165, 1.54) is 6.07 Å². The fourth-order valence-electron chi connectivity index (χ4n) is 3.05. The Hall–Kier alpha value is -0.480. The molecular weight excluding hydrogens is 486 g/mol. The molecule has 0 saturated carbocycles. The maximum absolute atomic E-state index is 14.8. The number of nitriles is 1. The third kappa shape index (κ3) is 5.06. The van der Waals surface area contributed by atoms with Crippen molar-refractivity contribution in [3.8, 4) is 6.07 Å². The number of rotatable bonds is 6. The molecule has 0 bridgehead atoms. The van der Waals surface area contributed by atoms with Gasteiger partial charge in [-0.05, 0) is 68.6 Å². The maximum atomic E-state index is 14.8. The van der Waals surface area contributed by atoms with E-state index >= 15 is 0 Å². The van der Waals surface area contributed by atoms with E-state index in [9.17, 15) is 23.1 Å². The first kappa shape index (κ1) is 24.8. The van der Waals surface area contributed by atoms with Crippen LogP contribution in [-0.2, 0) is 16.9 Å². The first-order chi connectivity index (χ1) is 13.3. The van der Waals surface area contributed by atoms with Crippen LogP contribution in [0.5, 0.6) is 0 Å². The van der Waals surface area contributed by atoms with Crippen molar-refractivity contribution in [3.05, 3.63) is 28.2 Å². The van der Waals surface area contributed by atoms with Gasteiger partial charge in [0.15, 0.2) is 0 Å². The molecule has 0 radical (unpaired) electrons. The fraction of sp³-hybridized carbons (Fsp3) is 0.667. The Kier molecular flexibility index (Phi) is 7.64. The third-order valence-electron chi connectivity index (χ3n) is 4.95. The van der Waals surface area contributed by atoms with E-state index in [1.807, 2.05) is 0 Å². The Morgan fingerprint density at radius 1 is 1.52 bits per heavy atom. The molecule has 0 aromatic carbocycles. The lowest BCUT2D eigenvalue weighted by Crippen LogP contribution is -2.59. The van der Waals surface area contributed by atoms with Crippen molar-refractivity contribution in [2.45, 2.75) is 55.6 Å². The molecule has 1 aliphatic rings. The van der Waals surface area contributed by atoms with Crippen LogP contribution < -0.4 is 9.44 Å². The lowest BCUT2D eigenvalue weighted by atomic mass is 9.99. The number of nitrogens with zero attached hydrogens (tertiary/aromatic N) is 2. The van der Waals surface area contributed by atoms with E-state index in [1.54, 1.807) is 27.7 Å². The molecule has 3 N–H and O–H groups in total. The molecule has 0 spiro atoms. The number of hydrogen-bond donors (Lipinski definition) is 3. The average Bonchev–Trinajstić information content (AvgIpc) is 2.65. The molecule has 4 atom stereocenters. The summed E-state index contributed by atoms with van der Waals surface area (Å²) in [6, 6.07) is 4.67. The second-order valence-electron chi connectivity index (χ2n) is 8.35. The molecule has 0 amide bonds. The Bertz CT molecular complexity index is 794. The van der Waals surface area contributed by atoms with Gasteiger partial charge >= 0.3 is 0 Å². The molecule has 164 valence electrons. The number of hydrogen-bond acceptors (Lipinski definition) is 6. The third-order valence-corrected chi connectivity index (χ3v) is 10.5. The van der Waals surface area contributed by atoms with Crippen LogP contribution in [0.4, 0.5) is 8.78 Å². The predicted molar refractivity (Wildman–Crippen MR) is 117 cm³/mol. The highest BCUT2D eigenvalue weighted by molar-refractivity contribution is 9.10. The summed E-state index contributed by atoms with van der Waals surface area (Å²) in [5.41, 5.74) is -2.18. The second kappa shape index (κ2) is 8.94. The van der Waals surface area contributed by atoms with Crippen molar-refractivity contribution in [2.24, 2.45) is 0 Å². The summed E-state index contributed by atoms with van der Waals surface area (Å²) in [5.74, 6) is -1.15. The summed E-state index contributed by atoms with van der Waals surface area (Å²) in [7, 11) is -2.94. The molecule has 2 rings (SSSR count). The molecule has 0 aliphatic carbocycles. The summed E-state index contributed by atoms with van der Waals surface area (Å²) in [5, 5.41) is 9.74. The molecule has 1 aliphatic heterocycles. The van der Waals surface area contributed by atoms with E-state index in [2.05, 4.69) is 36.4 Å². The molecule has 2 heterocycles. The van der Waals surface area contributed by atoms with Crippen molar-refractivity contribution >= 4 is 37.8 Å². The lowest BCUT2D eigenvalue weighted by molar-refractivity contribution is 0.288. The number of alkyl halides is 1. The Labute approximate surface area is 184 Å². The van der Waals surface area contributed by atoms with Gasteiger partial charge in [0.2, 0.25) is 0 Å². The van der Waals surface area contributed by atoms with Gasteiger partial charge in [0.1, 0.15) is 37.8 Å². The van der Waals surface area contributed by atoms with Crippen LogP contribution in [0.25, 0.3) is 0 Å². The minimum Gasteiger partial charge on any atom is -0.598 e. The van der Waals surface area contributed by atoms with Gasteiger partial charge in [0.05, 0.1) is 6.07 Å². The molecule has 1 fully saturated rings. The zero-order valence-electron chi connectivity index (χ0n) is 16.9. The lowest BCUT2D eigenvalue weighted by Gasteiger charge is -2.52. The van der Waals surface area contributed by atoms with Crippen molar-refractivity contribution in [2.75, 3.05) is 19.0 Å². The van der Waals surface area contributed by atoms with Gasteiger partial charge in [-0.3, -0.25) is 4.72 Å². The van der Waals surface area contributed by atoms with E-state index in [4.69, 9.17) is 0 Å². The van der Waals surface area contributed by atoms with Crippen molar-refractivity contribution < 1.29 is 17.9 Å². The van der Waals surface area contributed by atoms with Crippen LogP contribution in [0.3, 0.4) is 0 Å². The molecule has 1 aromatic rings. The quantitative estimate of drug-likeness (QED) is 0.392. The van der Waals surface area contributed by atoms with Crippen LogP contribution in [0.1, 0.15) is 46.2 Å². The van der Waals surface area contributed by atoms with Gasteiger partial charge in [0, 0.05) is 23.7 Å². The average molecular weight is 513 g/mol. The summed E-state index contributed by atoms with van der Waals surface area (Å²) in [4.78, 5) is 4.12. The van der Waals surface area contributed by atoms with Gasteiger partial charge < -0.3 is 9.11 Å². The normalized spacial score (nSPS) is 30.6. The van der Waals surface area contributed by atoms with Gasteiger partial charge in [-0.15, -0.1) is 4.72 Å². The standard InChI is InChI=1S/C18H27BrF2N4O2S2/c1-16(2,3)28(26)25-18(10-20,15-13(21)6-7-14(19)24-15)12-29(27)17(4,11-22)8-5-9-23-29/h6-7,23,25,27H,5,8-10,12H2,1-4H3/t17-,18-,28?/m0/s1. The minimum absolute atomic E-state index is 0.275. The first-order valence-electron chi connectivity index (χ1n) is 9.10. The van der Waals surface area contributed by atoms with Crippen LogP contribution in [0.15, 0.2) is 16.7 Å². The van der Waals surface area contributed by atoms with Gasteiger partial charge in [-0.1, -0.05) is 10.5 Å². The maximum Gasteiger partial charge on any atom is 0.147 e. The molecule has 6 nitrogen and oxygen atoms in total. The zero-order chi connectivity index (χ0) is 22.1. The number of nitrogens with one attached hydrogen (secondary N) is 2. The second-order valence-corrected chi connectivity index (χ2v) is 14.0. The number of aromatic nitrogens is 1. The number of halogens is 3. The molecule has 2 unspecified atom stereocenters. The fourth-order valence-corrected chi connectivity index (χ4v) is 7.19. The SMILES string of the molecule is CC(C)(C)[S+]([O-])N[C@@](CF)(CS1(O)NCCC[C@@]1(C)C#N)c1nc(Br)ccc1F. The van der Waals surface area contributed by atoms with Gasteiger partial charge in [-0.2, -0.15) is 5.26 Å². The highest BCUT2D eigenvalue weighted by atomic mass is 79.9. The smallest absolute Gasteiger partial charge is 0.147 e. The summed E-state index contributed by atoms with van der Waals surface area (Å²) >= 11 is 1.38. The Morgan fingerprint density at radius 3 is 2.72 bits per heavy atom. The summed E-state index contributed by atoms with van der Waals surface area (Å²) in [6.45, 7) is 5.98. The highest BCUT2D eigenvalue weighted by Crippen LogP contribution is 2.59. The topological polar surface area (TPSA) is 104 Å². The van der Waals surface area contributed by atoms with E-state index in [0.29, 0.717) is 19.4 Å². The van der Waals surface area contributed by atoms with Crippen molar-refractivity contribution in [1.29, 1.82) is 5.26 Å². The van der Waals surface area contributed by atoms with Gasteiger partial charge in [0.25, 0.3) is 0 Å². The summed E-state index contributed by atoms with van der Waals surface area (Å²) < 4.78 is 57.9. The zero-order valence-corrected chi connectivity index (χ0v) is 20.1. The largest absolute Gasteiger partial charge is 0.598 e. The Morgan fingerprint density at radius 2 is 2.17 bits per heavy atom. The van der Waals surface area contributed by atoms with Crippen LogP contribution in [-0.4, -0.2) is 42.6 Å². The van der Waals surface area contributed by atoms with E-state index in [0.717, 1.165) is 6.07 Å². The van der Waals surface area contributed by atoms with Gasteiger partial charge in [-0.25, -0.2) is 13.8 Å². The molecule has 29 heavy (non-hydrogen) atoms.